The maximum Gasteiger partial charge on any atom is 0.390 e. The molecule has 0 atom stereocenters. The number of nitrogens with zero attached hydrogens (tertiary/aromatic N) is 5. The number of imidazole rings is 1. The summed E-state index contributed by atoms with van der Waals surface area (Å²) in [5.74, 6) is 0.156. The predicted octanol–water partition coefficient (Wildman–Crippen LogP) is 3.41. The molecule has 0 amide bonds. The summed E-state index contributed by atoms with van der Waals surface area (Å²) in [5, 5.41) is 6.79. The summed E-state index contributed by atoms with van der Waals surface area (Å²) in [4.78, 5) is 8.31. The van der Waals surface area contributed by atoms with Gasteiger partial charge >= 0.3 is 6.18 Å². The van der Waals surface area contributed by atoms with Crippen LogP contribution in [0.15, 0.2) is 49.2 Å². The van der Waals surface area contributed by atoms with Crippen LogP contribution in [-0.2, 0) is 0 Å². The summed E-state index contributed by atoms with van der Waals surface area (Å²) < 4.78 is 40.1. The van der Waals surface area contributed by atoms with Gasteiger partial charge in [0.05, 0.1) is 18.1 Å². The molecular weight excluding hydrogens is 333 g/mol. The molecule has 0 saturated heterocycles. The molecule has 0 aromatic carbocycles. The molecular formula is C16H13F3N6. The van der Waals surface area contributed by atoms with Crippen molar-refractivity contribution >= 4 is 17.1 Å². The van der Waals surface area contributed by atoms with E-state index in [1.807, 2.05) is 35.0 Å². The fourth-order valence-electron chi connectivity index (χ4n) is 2.62. The van der Waals surface area contributed by atoms with E-state index in [9.17, 15) is 13.2 Å². The van der Waals surface area contributed by atoms with Crippen molar-refractivity contribution in [3.63, 3.8) is 0 Å². The van der Waals surface area contributed by atoms with Gasteiger partial charge in [0.2, 0.25) is 5.95 Å². The molecule has 1 N–H and O–H groups in total. The Balaban J connectivity index is 1.61. The Bertz CT molecular complexity index is 1030. The van der Waals surface area contributed by atoms with Crippen molar-refractivity contribution in [1.82, 2.24) is 24.0 Å². The summed E-state index contributed by atoms with van der Waals surface area (Å²) in [6.45, 7) is -0.263. The fraction of sp³-hybridized carbons (Fsp3) is 0.188. The van der Waals surface area contributed by atoms with E-state index in [4.69, 9.17) is 0 Å². The zero-order valence-electron chi connectivity index (χ0n) is 12.9. The van der Waals surface area contributed by atoms with Gasteiger partial charge in [-0.1, -0.05) is 0 Å². The van der Waals surface area contributed by atoms with Gasteiger partial charge in [-0.25, -0.2) is 14.5 Å². The number of rotatable bonds is 4. The second-order valence-electron chi connectivity index (χ2n) is 5.54. The first kappa shape index (κ1) is 15.4. The zero-order chi connectivity index (χ0) is 17.4. The van der Waals surface area contributed by atoms with Crippen LogP contribution in [0.5, 0.6) is 0 Å². The van der Waals surface area contributed by atoms with E-state index >= 15 is 0 Å². The Kier molecular flexibility index (Phi) is 3.56. The Morgan fingerprint density at radius 3 is 2.80 bits per heavy atom. The van der Waals surface area contributed by atoms with E-state index < -0.39 is 12.6 Å². The molecule has 0 aliphatic rings. The van der Waals surface area contributed by atoms with Crippen LogP contribution in [0.1, 0.15) is 6.42 Å². The van der Waals surface area contributed by atoms with Gasteiger partial charge in [-0.15, -0.1) is 5.10 Å². The highest BCUT2D eigenvalue weighted by atomic mass is 19.4. The largest absolute Gasteiger partial charge is 0.390 e. The highest BCUT2D eigenvalue weighted by Gasteiger charge is 2.26. The molecule has 9 heteroatoms. The van der Waals surface area contributed by atoms with Crippen LogP contribution in [0.3, 0.4) is 0 Å². The van der Waals surface area contributed by atoms with E-state index in [-0.39, 0.29) is 12.5 Å². The van der Waals surface area contributed by atoms with Crippen LogP contribution in [0.4, 0.5) is 19.1 Å². The maximum absolute atomic E-state index is 12.2. The molecule has 4 rings (SSSR count). The molecule has 25 heavy (non-hydrogen) atoms. The van der Waals surface area contributed by atoms with Gasteiger partial charge in [-0.05, 0) is 18.2 Å². The Hall–Kier alpha value is -3.10. The number of nitrogens with one attached hydrogen (secondary N) is 1. The van der Waals surface area contributed by atoms with Gasteiger partial charge in [0.15, 0.2) is 0 Å². The van der Waals surface area contributed by atoms with Crippen LogP contribution in [0.2, 0.25) is 0 Å². The third-order valence-electron chi connectivity index (χ3n) is 3.81. The highest BCUT2D eigenvalue weighted by Crippen LogP contribution is 2.25. The molecule has 0 spiro atoms. The lowest BCUT2D eigenvalue weighted by atomic mass is 10.1. The number of pyridine rings is 1. The number of anilines is 1. The van der Waals surface area contributed by atoms with Crippen molar-refractivity contribution < 1.29 is 13.2 Å². The number of halogens is 3. The van der Waals surface area contributed by atoms with Crippen LogP contribution in [0.25, 0.3) is 22.3 Å². The van der Waals surface area contributed by atoms with Crippen molar-refractivity contribution in [2.24, 2.45) is 0 Å². The SMILES string of the molecule is FC(F)(F)CCNc1ncc2c(-c3ccc4nccn4c3)ccn2n1. The molecule has 0 saturated carbocycles. The van der Waals surface area contributed by atoms with Crippen LogP contribution >= 0.6 is 0 Å². The number of fused-ring (bicyclic) bond motifs is 2. The van der Waals surface area contributed by atoms with Crippen molar-refractivity contribution in [3.8, 4) is 11.1 Å². The predicted molar refractivity (Wildman–Crippen MR) is 86.3 cm³/mol. The average molecular weight is 346 g/mol. The molecule has 0 fully saturated rings. The number of hydrogen-bond donors (Lipinski definition) is 1. The third kappa shape index (κ3) is 3.12. The smallest absolute Gasteiger partial charge is 0.353 e. The van der Waals surface area contributed by atoms with Crippen LogP contribution in [-0.4, -0.2) is 36.7 Å². The zero-order valence-corrected chi connectivity index (χ0v) is 12.9. The minimum absolute atomic E-state index is 0.156. The van der Waals surface area contributed by atoms with E-state index in [2.05, 4.69) is 20.4 Å². The summed E-state index contributed by atoms with van der Waals surface area (Å²) in [7, 11) is 0. The highest BCUT2D eigenvalue weighted by molar-refractivity contribution is 5.80. The number of aromatic nitrogens is 5. The fourth-order valence-corrected chi connectivity index (χ4v) is 2.62. The maximum atomic E-state index is 12.2. The Morgan fingerprint density at radius 2 is 1.96 bits per heavy atom. The number of alkyl halides is 3. The van der Waals surface area contributed by atoms with Gasteiger partial charge < -0.3 is 9.72 Å². The van der Waals surface area contributed by atoms with E-state index in [1.54, 1.807) is 23.1 Å². The molecule has 4 aromatic heterocycles. The van der Waals surface area contributed by atoms with E-state index in [0.29, 0.717) is 0 Å². The standard InChI is InChI=1S/C16H13F3N6/c17-16(18,19)4-5-21-15-22-9-13-12(3-7-25(13)23-15)11-1-2-14-20-6-8-24(14)10-11/h1-3,6-10H,4-5H2,(H,21,23). The van der Waals surface area contributed by atoms with E-state index in [1.165, 1.54) is 0 Å². The van der Waals surface area contributed by atoms with Crippen molar-refractivity contribution in [3.05, 3.63) is 49.2 Å². The van der Waals surface area contributed by atoms with E-state index in [0.717, 1.165) is 22.3 Å². The average Bonchev–Trinajstić information content (AvgIpc) is 3.19. The molecule has 4 aromatic rings. The molecule has 0 aliphatic carbocycles. The topological polar surface area (TPSA) is 59.5 Å². The second-order valence-corrected chi connectivity index (χ2v) is 5.54. The molecule has 0 radical (unpaired) electrons. The third-order valence-corrected chi connectivity index (χ3v) is 3.81. The summed E-state index contributed by atoms with van der Waals surface area (Å²) >= 11 is 0. The van der Waals surface area contributed by atoms with Crippen LogP contribution in [0, 0.1) is 0 Å². The lowest BCUT2D eigenvalue weighted by Crippen LogP contribution is -2.16. The number of hydrogen-bond acceptors (Lipinski definition) is 4. The normalized spacial score (nSPS) is 12.1. The van der Waals surface area contributed by atoms with Gasteiger partial charge in [0.25, 0.3) is 0 Å². The van der Waals surface area contributed by atoms with Gasteiger partial charge in [-0.2, -0.15) is 13.2 Å². The van der Waals surface area contributed by atoms with Crippen molar-refractivity contribution in [2.45, 2.75) is 12.6 Å². The molecule has 0 aliphatic heterocycles. The minimum atomic E-state index is -4.20. The minimum Gasteiger partial charge on any atom is -0.353 e. The van der Waals surface area contributed by atoms with Gasteiger partial charge in [0.1, 0.15) is 5.65 Å². The quantitative estimate of drug-likeness (QED) is 0.615. The molecule has 6 nitrogen and oxygen atoms in total. The monoisotopic (exact) mass is 346 g/mol. The Morgan fingerprint density at radius 1 is 1.08 bits per heavy atom. The first-order valence-corrected chi connectivity index (χ1v) is 7.58. The lowest BCUT2D eigenvalue weighted by Gasteiger charge is -2.08. The van der Waals surface area contributed by atoms with Gasteiger partial charge in [-0.3, -0.25) is 0 Å². The molecule has 0 unspecified atom stereocenters. The van der Waals surface area contributed by atoms with Crippen LogP contribution < -0.4 is 5.32 Å². The van der Waals surface area contributed by atoms with Crippen molar-refractivity contribution in [2.75, 3.05) is 11.9 Å². The summed E-state index contributed by atoms with van der Waals surface area (Å²) in [6, 6.07) is 5.75. The Labute approximate surface area is 139 Å². The summed E-state index contributed by atoms with van der Waals surface area (Å²) in [5.41, 5.74) is 3.51. The first-order chi connectivity index (χ1) is 12.0. The molecule has 128 valence electrons. The summed E-state index contributed by atoms with van der Waals surface area (Å²) in [6.07, 6.45) is 3.73. The first-order valence-electron chi connectivity index (χ1n) is 7.58. The van der Waals surface area contributed by atoms with Crippen molar-refractivity contribution in [1.29, 1.82) is 0 Å². The molecule has 0 bridgehead atoms. The lowest BCUT2D eigenvalue weighted by molar-refractivity contribution is -0.131. The second kappa shape index (κ2) is 5.76. The molecule has 4 heterocycles. The van der Waals surface area contributed by atoms with Gasteiger partial charge in [0, 0.05) is 42.5 Å².